The Morgan fingerprint density at radius 3 is 2.42 bits per heavy atom. The van der Waals surface area contributed by atoms with Gasteiger partial charge in [0.05, 0.1) is 13.2 Å². The van der Waals surface area contributed by atoms with Gasteiger partial charge in [0.1, 0.15) is 6.04 Å². The first-order valence-corrected chi connectivity index (χ1v) is 6.51. The van der Waals surface area contributed by atoms with E-state index in [1.165, 1.54) is 0 Å². The lowest BCUT2D eigenvalue weighted by Crippen LogP contribution is -2.42. The first-order chi connectivity index (χ1) is 8.80. The minimum Gasteiger partial charge on any atom is -0.464 e. The van der Waals surface area contributed by atoms with Crippen molar-refractivity contribution in [3.8, 4) is 0 Å². The summed E-state index contributed by atoms with van der Waals surface area (Å²) < 4.78 is 10.0. The molecule has 0 bridgehead atoms. The topological polar surface area (TPSA) is 64.6 Å². The third kappa shape index (κ3) is 9.11. The highest BCUT2D eigenvalue weighted by Crippen LogP contribution is 2.12. The van der Waals surface area contributed by atoms with Crippen molar-refractivity contribution in [2.45, 2.75) is 46.6 Å². The maximum absolute atomic E-state index is 11.7. The van der Waals surface area contributed by atoms with Crippen LogP contribution in [0.3, 0.4) is 0 Å². The Kier molecular flexibility index (Phi) is 7.87. The maximum Gasteiger partial charge on any atom is 0.407 e. The molecule has 1 unspecified atom stereocenters. The SMILES string of the molecule is C=CCC(NC(=O)OCC(C)(C)C)C(=O)OCCC. The Bertz CT molecular complexity index is 307. The quantitative estimate of drug-likeness (QED) is 0.571. The molecule has 0 aromatic rings. The average Bonchev–Trinajstić information content (AvgIpc) is 2.32. The van der Waals surface area contributed by atoms with Crippen molar-refractivity contribution in [2.24, 2.45) is 5.41 Å². The van der Waals surface area contributed by atoms with Crippen LogP contribution in [-0.4, -0.2) is 31.3 Å². The smallest absolute Gasteiger partial charge is 0.407 e. The summed E-state index contributed by atoms with van der Waals surface area (Å²) in [6.45, 7) is 11.9. The van der Waals surface area contributed by atoms with Crippen molar-refractivity contribution in [2.75, 3.05) is 13.2 Å². The standard InChI is InChI=1S/C14H25NO4/c1-6-8-11(12(16)18-9-7-2)15-13(17)19-10-14(3,4)5/h6,11H,1,7-10H2,2-5H3,(H,15,17). The average molecular weight is 271 g/mol. The van der Waals surface area contributed by atoms with Crippen molar-refractivity contribution < 1.29 is 19.1 Å². The summed E-state index contributed by atoms with van der Waals surface area (Å²) in [6, 6.07) is -0.739. The Hall–Kier alpha value is -1.52. The van der Waals surface area contributed by atoms with Crippen LogP contribution in [0.2, 0.25) is 0 Å². The molecular weight excluding hydrogens is 246 g/mol. The number of nitrogens with one attached hydrogen (secondary N) is 1. The van der Waals surface area contributed by atoms with Gasteiger partial charge in [-0.25, -0.2) is 9.59 Å². The molecule has 0 heterocycles. The molecule has 0 aliphatic carbocycles. The second-order valence-electron chi connectivity index (χ2n) is 5.53. The first kappa shape index (κ1) is 17.5. The Morgan fingerprint density at radius 1 is 1.32 bits per heavy atom. The summed E-state index contributed by atoms with van der Waals surface area (Å²) in [4.78, 5) is 23.3. The van der Waals surface area contributed by atoms with Gasteiger partial charge < -0.3 is 14.8 Å². The number of rotatable bonds is 7. The molecule has 0 rings (SSSR count). The van der Waals surface area contributed by atoms with E-state index in [4.69, 9.17) is 9.47 Å². The molecule has 0 aliphatic heterocycles. The van der Waals surface area contributed by atoms with E-state index in [0.29, 0.717) is 13.0 Å². The molecule has 5 nitrogen and oxygen atoms in total. The van der Waals surface area contributed by atoms with E-state index in [1.807, 2.05) is 27.7 Å². The monoisotopic (exact) mass is 271 g/mol. The van der Waals surface area contributed by atoms with Crippen LogP contribution in [0.15, 0.2) is 12.7 Å². The number of carbonyl (C=O) groups excluding carboxylic acids is 2. The molecule has 0 spiro atoms. The highest BCUT2D eigenvalue weighted by atomic mass is 16.6. The molecule has 0 aromatic carbocycles. The van der Waals surface area contributed by atoms with Gasteiger partial charge in [-0.3, -0.25) is 0 Å². The predicted molar refractivity (Wildman–Crippen MR) is 73.8 cm³/mol. The van der Waals surface area contributed by atoms with E-state index in [1.54, 1.807) is 6.08 Å². The van der Waals surface area contributed by atoms with Gasteiger partial charge in [0.25, 0.3) is 0 Å². The second-order valence-corrected chi connectivity index (χ2v) is 5.53. The fraction of sp³-hybridized carbons (Fsp3) is 0.714. The molecule has 0 aliphatic rings. The van der Waals surface area contributed by atoms with Gasteiger partial charge in [0.15, 0.2) is 0 Å². The minimum atomic E-state index is -0.739. The molecule has 1 amide bonds. The van der Waals surface area contributed by atoms with Crippen molar-refractivity contribution in [1.82, 2.24) is 5.32 Å². The van der Waals surface area contributed by atoms with E-state index < -0.39 is 18.1 Å². The van der Waals surface area contributed by atoms with Crippen LogP contribution >= 0.6 is 0 Å². The van der Waals surface area contributed by atoms with Crippen LogP contribution in [0.5, 0.6) is 0 Å². The summed E-state index contributed by atoms with van der Waals surface area (Å²) >= 11 is 0. The Labute approximate surface area is 115 Å². The van der Waals surface area contributed by atoms with E-state index in [0.717, 1.165) is 6.42 Å². The molecule has 0 aromatic heterocycles. The van der Waals surface area contributed by atoms with E-state index in [2.05, 4.69) is 11.9 Å². The molecule has 0 radical (unpaired) electrons. The zero-order valence-electron chi connectivity index (χ0n) is 12.3. The lowest BCUT2D eigenvalue weighted by molar-refractivity contribution is -0.146. The third-order valence-electron chi connectivity index (χ3n) is 2.06. The van der Waals surface area contributed by atoms with Crippen LogP contribution in [0.25, 0.3) is 0 Å². The summed E-state index contributed by atoms with van der Waals surface area (Å²) in [5.74, 6) is -0.463. The van der Waals surface area contributed by atoms with E-state index >= 15 is 0 Å². The Morgan fingerprint density at radius 2 is 1.95 bits per heavy atom. The molecule has 110 valence electrons. The van der Waals surface area contributed by atoms with Crippen LogP contribution in [-0.2, 0) is 14.3 Å². The number of amides is 1. The molecule has 1 atom stereocenters. The van der Waals surface area contributed by atoms with E-state index in [9.17, 15) is 9.59 Å². The largest absolute Gasteiger partial charge is 0.464 e. The summed E-state index contributed by atoms with van der Waals surface area (Å²) in [6.07, 6.45) is 1.99. The van der Waals surface area contributed by atoms with Gasteiger partial charge >= 0.3 is 12.1 Å². The number of esters is 1. The summed E-state index contributed by atoms with van der Waals surface area (Å²) in [7, 11) is 0. The molecule has 19 heavy (non-hydrogen) atoms. The number of ether oxygens (including phenoxy) is 2. The van der Waals surface area contributed by atoms with Crippen molar-refractivity contribution in [3.63, 3.8) is 0 Å². The fourth-order valence-electron chi connectivity index (χ4n) is 1.15. The molecule has 0 saturated heterocycles. The maximum atomic E-state index is 11.7. The lowest BCUT2D eigenvalue weighted by Gasteiger charge is -2.20. The zero-order chi connectivity index (χ0) is 14.9. The predicted octanol–water partition coefficient (Wildman–Crippen LogP) is 2.66. The van der Waals surface area contributed by atoms with Crippen molar-refractivity contribution in [3.05, 3.63) is 12.7 Å². The number of hydrogen-bond acceptors (Lipinski definition) is 4. The van der Waals surface area contributed by atoms with Gasteiger partial charge in [-0.05, 0) is 18.3 Å². The molecule has 5 heteroatoms. The number of carbonyl (C=O) groups is 2. The third-order valence-corrected chi connectivity index (χ3v) is 2.06. The molecule has 1 N–H and O–H groups in total. The second kappa shape index (κ2) is 8.56. The van der Waals surface area contributed by atoms with Crippen molar-refractivity contribution >= 4 is 12.1 Å². The molecule has 0 fully saturated rings. The normalized spacial score (nSPS) is 12.4. The van der Waals surface area contributed by atoms with Crippen molar-refractivity contribution in [1.29, 1.82) is 0 Å². The Balaban J connectivity index is 4.29. The zero-order valence-corrected chi connectivity index (χ0v) is 12.3. The molecular formula is C14H25NO4. The van der Waals surface area contributed by atoms with Crippen LogP contribution in [0, 0.1) is 5.41 Å². The minimum absolute atomic E-state index is 0.117. The highest BCUT2D eigenvalue weighted by Gasteiger charge is 2.22. The number of hydrogen-bond donors (Lipinski definition) is 1. The fourth-order valence-corrected chi connectivity index (χ4v) is 1.15. The van der Waals surface area contributed by atoms with Crippen LogP contribution < -0.4 is 5.32 Å². The van der Waals surface area contributed by atoms with Gasteiger partial charge in [-0.15, -0.1) is 6.58 Å². The summed E-state index contributed by atoms with van der Waals surface area (Å²) in [5.41, 5.74) is -0.117. The van der Waals surface area contributed by atoms with Gasteiger partial charge in [-0.2, -0.15) is 0 Å². The number of alkyl carbamates (subject to hydrolysis) is 1. The van der Waals surface area contributed by atoms with Gasteiger partial charge in [0, 0.05) is 0 Å². The first-order valence-electron chi connectivity index (χ1n) is 6.51. The summed E-state index contributed by atoms with van der Waals surface area (Å²) in [5, 5.41) is 2.49. The van der Waals surface area contributed by atoms with Crippen LogP contribution in [0.4, 0.5) is 4.79 Å². The lowest BCUT2D eigenvalue weighted by atomic mass is 9.99. The molecule has 0 saturated carbocycles. The van der Waals surface area contributed by atoms with Gasteiger partial charge in [0.2, 0.25) is 0 Å². The highest BCUT2D eigenvalue weighted by molar-refractivity contribution is 5.81. The van der Waals surface area contributed by atoms with Crippen LogP contribution in [0.1, 0.15) is 40.5 Å². The van der Waals surface area contributed by atoms with Gasteiger partial charge in [-0.1, -0.05) is 33.8 Å². The van der Waals surface area contributed by atoms with E-state index in [-0.39, 0.29) is 12.0 Å².